The molecule has 7 N–H and O–H groups in total. The predicted octanol–water partition coefficient (Wildman–Crippen LogP) is 7.16. The van der Waals surface area contributed by atoms with Crippen molar-refractivity contribution in [2.45, 2.75) is 261 Å². The number of carbonyl (C=O) groups is 2. The van der Waals surface area contributed by atoms with Gasteiger partial charge < -0.3 is 64.2 Å². The second kappa shape index (κ2) is 38.8. The number of hydrogen-bond donors (Lipinski definition) is 7. The van der Waals surface area contributed by atoms with E-state index < -0.39 is 92.7 Å². The van der Waals surface area contributed by atoms with Gasteiger partial charge in [-0.25, -0.2) is 0 Å². The smallest absolute Gasteiger partial charge is 0.306 e. The van der Waals surface area contributed by atoms with E-state index in [1.165, 1.54) is 109 Å². The number of aliphatic hydroxyl groups excluding tert-OH is 7. The summed E-state index contributed by atoms with van der Waals surface area (Å²) in [6, 6.07) is 0. The zero-order chi connectivity index (χ0) is 48.2. The van der Waals surface area contributed by atoms with E-state index in [9.17, 15) is 45.3 Å². The van der Waals surface area contributed by atoms with Crippen LogP contribution in [0.1, 0.15) is 194 Å². The van der Waals surface area contributed by atoms with Crippen molar-refractivity contribution in [2.24, 2.45) is 0 Å². The minimum Gasteiger partial charge on any atom is -0.462 e. The first-order valence-electron chi connectivity index (χ1n) is 25.9. The Morgan fingerprint density at radius 1 is 0.470 bits per heavy atom. The fourth-order valence-electron chi connectivity index (χ4n) is 8.09. The molecule has 2 aliphatic rings. The van der Waals surface area contributed by atoms with E-state index in [1.807, 2.05) is 0 Å². The van der Waals surface area contributed by atoms with Crippen molar-refractivity contribution in [3.63, 3.8) is 0 Å². The molecule has 2 aliphatic heterocycles. The first-order valence-corrected chi connectivity index (χ1v) is 25.9. The summed E-state index contributed by atoms with van der Waals surface area (Å²) >= 11 is 0. The van der Waals surface area contributed by atoms with Crippen LogP contribution in [0.25, 0.3) is 0 Å². The third kappa shape index (κ3) is 26.7. The Morgan fingerprint density at radius 2 is 0.864 bits per heavy atom. The Kier molecular flexibility index (Phi) is 35.3. The summed E-state index contributed by atoms with van der Waals surface area (Å²) in [5.41, 5.74) is 0. The fraction of sp³-hybridized carbons (Fsp3) is 0.882. The maximum atomic E-state index is 13.0. The SMILES string of the molecule is CCCCCC/C=C/CCCCCCCCCCCC(=O)OC[C@@H](CO[C@@H]1O[C@H](CO[C@@H]2O[C@H](CO)[C@H](O)C(O)C2O)[C@H](O)C(O)C1O)OC(=O)CCCCC/C=C/CCCCCCCC. The summed E-state index contributed by atoms with van der Waals surface area (Å²) in [7, 11) is 0. The van der Waals surface area contributed by atoms with Crippen LogP contribution in [-0.2, 0) is 38.0 Å². The third-order valence-electron chi connectivity index (χ3n) is 12.4. The van der Waals surface area contributed by atoms with Gasteiger partial charge >= 0.3 is 11.9 Å². The van der Waals surface area contributed by atoms with Crippen LogP contribution in [0.15, 0.2) is 24.3 Å². The summed E-state index contributed by atoms with van der Waals surface area (Å²) in [6.07, 6.45) is 22.1. The molecule has 386 valence electrons. The molecule has 2 fully saturated rings. The Balaban J connectivity index is 1.80. The quantitative estimate of drug-likeness (QED) is 0.0184. The standard InChI is InChI=1S/C51H92O15/c1-3-5-7-9-11-13-15-17-18-19-20-22-23-25-27-29-31-33-42(53)61-36-39(64-43(54)34-32-30-28-26-24-21-16-14-12-10-8-6-4-2)37-62-50-49(60)47(58)45(56)41(66-50)38-63-51-48(59)46(57)44(55)40(35-52)65-51/h13,15,21,24,39-41,44-52,55-60H,3-12,14,16-20,22-23,25-38H2,1-2H3/b15-13+,24-21+/t39-,40+,41+,44-,45-,46?,47?,48?,49?,50+,51+/m0/s1. The van der Waals surface area contributed by atoms with Gasteiger partial charge in [-0.1, -0.05) is 141 Å². The average Bonchev–Trinajstić information content (AvgIpc) is 3.31. The largest absolute Gasteiger partial charge is 0.462 e. The zero-order valence-electron chi connectivity index (χ0n) is 40.7. The Bertz CT molecular complexity index is 1250. The van der Waals surface area contributed by atoms with E-state index in [1.54, 1.807) is 0 Å². The lowest BCUT2D eigenvalue weighted by atomic mass is 9.98. The highest BCUT2D eigenvalue weighted by molar-refractivity contribution is 5.70. The molecule has 15 nitrogen and oxygen atoms in total. The van der Waals surface area contributed by atoms with E-state index in [4.69, 9.17) is 28.4 Å². The number of allylic oxidation sites excluding steroid dienone is 4. The first kappa shape index (κ1) is 60.1. The van der Waals surface area contributed by atoms with Gasteiger partial charge in [-0.2, -0.15) is 0 Å². The van der Waals surface area contributed by atoms with Gasteiger partial charge in [0, 0.05) is 12.8 Å². The molecular formula is C51H92O15. The number of aliphatic hydroxyl groups is 7. The molecule has 0 aromatic heterocycles. The van der Waals surface area contributed by atoms with Crippen molar-refractivity contribution in [3.05, 3.63) is 24.3 Å². The molecule has 0 aromatic rings. The molecule has 0 bridgehead atoms. The summed E-state index contributed by atoms with van der Waals surface area (Å²) in [5.74, 6) is -0.942. The Hall–Kier alpha value is -2.02. The second-order valence-corrected chi connectivity index (χ2v) is 18.3. The van der Waals surface area contributed by atoms with Gasteiger partial charge in [0.2, 0.25) is 0 Å². The van der Waals surface area contributed by atoms with Crippen molar-refractivity contribution >= 4 is 11.9 Å². The highest BCUT2D eigenvalue weighted by Gasteiger charge is 2.47. The van der Waals surface area contributed by atoms with Crippen molar-refractivity contribution in [1.82, 2.24) is 0 Å². The fourth-order valence-corrected chi connectivity index (χ4v) is 8.09. The molecule has 0 spiro atoms. The molecule has 0 aromatic carbocycles. The molecule has 2 rings (SSSR count). The van der Waals surface area contributed by atoms with Crippen LogP contribution in [0, 0.1) is 0 Å². The lowest BCUT2D eigenvalue weighted by Crippen LogP contribution is -2.61. The highest BCUT2D eigenvalue weighted by Crippen LogP contribution is 2.26. The number of hydrogen-bond acceptors (Lipinski definition) is 15. The molecular weight excluding hydrogens is 853 g/mol. The van der Waals surface area contributed by atoms with Crippen molar-refractivity contribution < 1.29 is 73.8 Å². The second-order valence-electron chi connectivity index (χ2n) is 18.3. The van der Waals surface area contributed by atoms with Crippen LogP contribution in [0.4, 0.5) is 0 Å². The normalized spacial score (nSPS) is 26.3. The summed E-state index contributed by atoms with van der Waals surface area (Å²) in [5, 5.41) is 72.0. The van der Waals surface area contributed by atoms with Gasteiger partial charge in [-0.3, -0.25) is 9.59 Å². The van der Waals surface area contributed by atoms with Gasteiger partial charge in [0.15, 0.2) is 18.7 Å². The summed E-state index contributed by atoms with van der Waals surface area (Å²) in [4.78, 5) is 25.7. The van der Waals surface area contributed by atoms with Crippen LogP contribution in [0.2, 0.25) is 0 Å². The predicted molar refractivity (Wildman–Crippen MR) is 252 cm³/mol. The van der Waals surface area contributed by atoms with Crippen LogP contribution < -0.4 is 0 Å². The molecule has 2 heterocycles. The molecule has 2 saturated heterocycles. The van der Waals surface area contributed by atoms with E-state index in [0.29, 0.717) is 12.8 Å². The van der Waals surface area contributed by atoms with Crippen molar-refractivity contribution in [3.8, 4) is 0 Å². The van der Waals surface area contributed by atoms with Gasteiger partial charge in [-0.05, 0) is 64.2 Å². The van der Waals surface area contributed by atoms with E-state index >= 15 is 0 Å². The third-order valence-corrected chi connectivity index (χ3v) is 12.4. The van der Waals surface area contributed by atoms with Gasteiger partial charge in [0.1, 0.15) is 55.4 Å². The van der Waals surface area contributed by atoms with Gasteiger partial charge in [0.25, 0.3) is 0 Å². The molecule has 0 radical (unpaired) electrons. The summed E-state index contributed by atoms with van der Waals surface area (Å²) in [6.45, 7) is 2.56. The number of carbonyl (C=O) groups excluding carboxylic acids is 2. The lowest BCUT2D eigenvalue weighted by Gasteiger charge is -2.42. The molecule has 0 aliphatic carbocycles. The molecule has 66 heavy (non-hydrogen) atoms. The Labute approximate surface area is 396 Å². The minimum atomic E-state index is -1.77. The van der Waals surface area contributed by atoms with E-state index in [-0.39, 0.29) is 26.1 Å². The average molecular weight is 945 g/mol. The minimum absolute atomic E-state index is 0.146. The number of ether oxygens (including phenoxy) is 6. The van der Waals surface area contributed by atoms with Crippen LogP contribution in [-0.4, -0.2) is 142 Å². The topological polar surface area (TPSA) is 231 Å². The Morgan fingerprint density at radius 3 is 1.36 bits per heavy atom. The number of rotatable bonds is 40. The monoisotopic (exact) mass is 945 g/mol. The van der Waals surface area contributed by atoms with Gasteiger partial charge in [0.05, 0.1) is 19.8 Å². The number of unbranched alkanes of at least 4 members (excludes halogenated alkanes) is 22. The van der Waals surface area contributed by atoms with Crippen molar-refractivity contribution in [1.29, 1.82) is 0 Å². The maximum Gasteiger partial charge on any atom is 0.306 e. The first-order chi connectivity index (χ1) is 32.0. The zero-order valence-corrected chi connectivity index (χ0v) is 40.7. The van der Waals surface area contributed by atoms with Crippen molar-refractivity contribution in [2.75, 3.05) is 26.4 Å². The molecule has 4 unspecified atom stereocenters. The van der Waals surface area contributed by atoms with E-state index in [2.05, 4.69) is 38.2 Å². The lowest BCUT2D eigenvalue weighted by molar-refractivity contribution is -0.332. The molecule has 0 saturated carbocycles. The summed E-state index contributed by atoms with van der Waals surface area (Å²) < 4.78 is 33.5. The van der Waals surface area contributed by atoms with Crippen LogP contribution in [0.5, 0.6) is 0 Å². The highest BCUT2D eigenvalue weighted by atomic mass is 16.7. The maximum absolute atomic E-state index is 13.0. The molecule has 15 heteroatoms. The number of esters is 2. The van der Waals surface area contributed by atoms with Gasteiger partial charge in [-0.15, -0.1) is 0 Å². The van der Waals surface area contributed by atoms with Crippen LogP contribution in [0.3, 0.4) is 0 Å². The van der Waals surface area contributed by atoms with E-state index in [0.717, 1.165) is 44.9 Å². The molecule has 11 atom stereocenters. The molecule has 0 amide bonds. The van der Waals surface area contributed by atoms with Crippen LogP contribution >= 0.6 is 0 Å².